The standard InChI is InChI=1S/C15H26N2/c1-13(2)7-5-8-14(3)9-6-10-15(4)11-12-17-16/h7,9,11,16H,5-6,8,10,12H2,1-4H3/b14-9+,15-11+,17-16?. The van der Waals surface area contributed by atoms with Gasteiger partial charge in [-0.15, -0.1) is 0 Å². The first kappa shape index (κ1) is 15.8. The summed E-state index contributed by atoms with van der Waals surface area (Å²) in [4.78, 5) is 0. The summed E-state index contributed by atoms with van der Waals surface area (Å²) in [7, 11) is 0. The van der Waals surface area contributed by atoms with E-state index in [1.165, 1.54) is 16.7 Å². The molecule has 0 aliphatic heterocycles. The van der Waals surface area contributed by atoms with Crippen molar-refractivity contribution in [1.82, 2.24) is 0 Å². The molecule has 0 saturated heterocycles. The van der Waals surface area contributed by atoms with Crippen molar-refractivity contribution in [1.29, 1.82) is 5.53 Å². The van der Waals surface area contributed by atoms with Crippen LogP contribution in [0.5, 0.6) is 0 Å². The Balaban J connectivity index is 3.83. The second-order valence-corrected chi connectivity index (χ2v) is 4.80. The first-order valence-corrected chi connectivity index (χ1v) is 6.34. The highest BCUT2D eigenvalue weighted by Crippen LogP contribution is 2.11. The van der Waals surface area contributed by atoms with E-state index in [2.05, 4.69) is 45.0 Å². The minimum absolute atomic E-state index is 0.523. The molecule has 0 radical (unpaired) electrons. The van der Waals surface area contributed by atoms with Crippen molar-refractivity contribution in [2.24, 2.45) is 5.11 Å². The van der Waals surface area contributed by atoms with E-state index in [0.29, 0.717) is 6.54 Å². The summed E-state index contributed by atoms with van der Waals surface area (Å²) in [6.07, 6.45) is 11.1. The van der Waals surface area contributed by atoms with Gasteiger partial charge < -0.3 is 0 Å². The van der Waals surface area contributed by atoms with Gasteiger partial charge in [-0.2, -0.15) is 5.11 Å². The van der Waals surface area contributed by atoms with Crippen LogP contribution in [0, 0.1) is 5.53 Å². The summed E-state index contributed by atoms with van der Waals surface area (Å²) in [5.41, 5.74) is 10.9. The SMILES string of the molecule is CC(C)=CCC/C(C)=C/CC/C(C)=C/CN=N. The van der Waals surface area contributed by atoms with E-state index in [0.717, 1.165) is 25.7 Å². The van der Waals surface area contributed by atoms with Gasteiger partial charge in [0, 0.05) is 0 Å². The topological polar surface area (TPSA) is 36.2 Å². The fourth-order valence-corrected chi connectivity index (χ4v) is 1.54. The Labute approximate surface area is 106 Å². The highest BCUT2D eigenvalue weighted by molar-refractivity contribution is 5.05. The van der Waals surface area contributed by atoms with E-state index in [-0.39, 0.29) is 0 Å². The van der Waals surface area contributed by atoms with Crippen LogP contribution < -0.4 is 0 Å². The lowest BCUT2D eigenvalue weighted by Gasteiger charge is -2.00. The summed E-state index contributed by atoms with van der Waals surface area (Å²) in [5.74, 6) is 0. The lowest BCUT2D eigenvalue weighted by atomic mass is 10.1. The fourth-order valence-electron chi connectivity index (χ4n) is 1.54. The number of nitrogens with zero attached hydrogens (tertiary/aromatic N) is 1. The lowest BCUT2D eigenvalue weighted by Crippen LogP contribution is -1.81. The van der Waals surface area contributed by atoms with Crippen molar-refractivity contribution in [2.45, 2.75) is 53.4 Å². The second kappa shape index (κ2) is 10.0. The monoisotopic (exact) mass is 234 g/mol. The zero-order chi connectivity index (χ0) is 13.1. The molecule has 0 atom stereocenters. The second-order valence-electron chi connectivity index (χ2n) is 4.80. The van der Waals surface area contributed by atoms with Gasteiger partial charge >= 0.3 is 0 Å². The molecule has 1 N–H and O–H groups in total. The van der Waals surface area contributed by atoms with Crippen LogP contribution in [0.25, 0.3) is 0 Å². The van der Waals surface area contributed by atoms with Crippen LogP contribution in [0.1, 0.15) is 53.4 Å². The van der Waals surface area contributed by atoms with Gasteiger partial charge in [0.25, 0.3) is 0 Å². The van der Waals surface area contributed by atoms with Crippen LogP contribution in [-0.2, 0) is 0 Å². The summed E-state index contributed by atoms with van der Waals surface area (Å²) >= 11 is 0. The molecule has 0 aromatic carbocycles. The molecule has 0 saturated carbocycles. The van der Waals surface area contributed by atoms with E-state index < -0.39 is 0 Å². The maximum Gasteiger partial charge on any atom is 0.0779 e. The van der Waals surface area contributed by atoms with Gasteiger partial charge in [-0.1, -0.05) is 34.9 Å². The van der Waals surface area contributed by atoms with Crippen LogP contribution in [-0.4, -0.2) is 6.54 Å². The molecule has 0 amide bonds. The highest BCUT2D eigenvalue weighted by Gasteiger charge is 1.91. The molecule has 0 aliphatic carbocycles. The average Bonchev–Trinajstić information content (AvgIpc) is 2.25. The molecule has 0 aromatic rings. The molecule has 0 unspecified atom stereocenters. The zero-order valence-corrected chi connectivity index (χ0v) is 11.7. The molecule has 0 rings (SSSR count). The van der Waals surface area contributed by atoms with E-state index in [9.17, 15) is 0 Å². The Morgan fingerprint density at radius 3 is 1.94 bits per heavy atom. The van der Waals surface area contributed by atoms with Crippen LogP contribution in [0.2, 0.25) is 0 Å². The van der Waals surface area contributed by atoms with E-state index >= 15 is 0 Å². The maximum absolute atomic E-state index is 6.71. The van der Waals surface area contributed by atoms with Gasteiger partial charge in [-0.25, -0.2) is 5.53 Å². The lowest BCUT2D eigenvalue weighted by molar-refractivity contribution is 0.908. The first-order chi connectivity index (χ1) is 8.06. The largest absolute Gasteiger partial charge is 0.210 e. The van der Waals surface area contributed by atoms with E-state index in [1.54, 1.807) is 0 Å². The van der Waals surface area contributed by atoms with E-state index in [1.807, 2.05) is 6.08 Å². The quantitative estimate of drug-likeness (QED) is 0.429. The van der Waals surface area contributed by atoms with Crippen LogP contribution in [0.4, 0.5) is 0 Å². The molecule has 0 fully saturated rings. The predicted octanol–water partition coefficient (Wildman–Crippen LogP) is 5.44. The van der Waals surface area contributed by atoms with Crippen molar-refractivity contribution in [3.63, 3.8) is 0 Å². The molecule has 0 aromatic heterocycles. The summed E-state index contributed by atoms with van der Waals surface area (Å²) in [6, 6.07) is 0. The van der Waals surface area contributed by atoms with Gasteiger partial charge in [0.2, 0.25) is 0 Å². The smallest absolute Gasteiger partial charge is 0.0779 e. The van der Waals surface area contributed by atoms with Gasteiger partial charge in [0.05, 0.1) is 6.54 Å². The Bertz CT molecular complexity index is 305. The summed E-state index contributed by atoms with van der Waals surface area (Å²) < 4.78 is 0. The Morgan fingerprint density at radius 1 is 0.882 bits per heavy atom. The Morgan fingerprint density at radius 2 is 1.41 bits per heavy atom. The number of rotatable bonds is 8. The van der Waals surface area contributed by atoms with E-state index in [4.69, 9.17) is 5.53 Å². The highest BCUT2D eigenvalue weighted by atomic mass is 14.9. The van der Waals surface area contributed by atoms with Crippen molar-refractivity contribution in [2.75, 3.05) is 6.54 Å². The van der Waals surface area contributed by atoms with Gasteiger partial charge in [0.15, 0.2) is 0 Å². The van der Waals surface area contributed by atoms with Crippen LogP contribution >= 0.6 is 0 Å². The van der Waals surface area contributed by atoms with Crippen LogP contribution in [0.15, 0.2) is 40.1 Å². The van der Waals surface area contributed by atoms with Crippen molar-refractivity contribution < 1.29 is 0 Å². The molecule has 0 spiro atoms. The normalized spacial score (nSPS) is 12.5. The first-order valence-electron chi connectivity index (χ1n) is 6.34. The van der Waals surface area contributed by atoms with Crippen LogP contribution in [0.3, 0.4) is 0 Å². The average molecular weight is 234 g/mol. The summed E-state index contributed by atoms with van der Waals surface area (Å²) in [6.45, 7) is 9.12. The Kier molecular flexibility index (Phi) is 9.31. The van der Waals surface area contributed by atoms with Crippen molar-refractivity contribution >= 4 is 0 Å². The molecule has 0 heterocycles. The molecular weight excluding hydrogens is 208 g/mol. The van der Waals surface area contributed by atoms with Crippen molar-refractivity contribution in [3.05, 3.63) is 34.9 Å². The molecule has 2 nitrogen and oxygen atoms in total. The molecule has 0 aliphatic rings. The molecule has 17 heavy (non-hydrogen) atoms. The molecule has 0 bridgehead atoms. The zero-order valence-electron chi connectivity index (χ0n) is 11.7. The number of hydrogen-bond acceptors (Lipinski definition) is 2. The molecule has 96 valence electrons. The Hall–Kier alpha value is -1.18. The third kappa shape index (κ3) is 11.1. The van der Waals surface area contributed by atoms with Gasteiger partial charge in [-0.05, 0) is 53.4 Å². The number of hydrogen-bond donors (Lipinski definition) is 1. The van der Waals surface area contributed by atoms with Gasteiger partial charge in [-0.3, -0.25) is 0 Å². The number of nitrogens with one attached hydrogen (secondary N) is 1. The molecule has 2 heteroatoms. The maximum atomic E-state index is 6.71. The minimum atomic E-state index is 0.523. The number of allylic oxidation sites excluding steroid dienone is 5. The minimum Gasteiger partial charge on any atom is -0.210 e. The third-order valence-corrected chi connectivity index (χ3v) is 2.65. The predicted molar refractivity (Wildman–Crippen MR) is 75.4 cm³/mol. The van der Waals surface area contributed by atoms with Crippen molar-refractivity contribution in [3.8, 4) is 0 Å². The molecular formula is C15H26N2. The fraction of sp³-hybridized carbons (Fsp3) is 0.600. The third-order valence-electron chi connectivity index (χ3n) is 2.65. The van der Waals surface area contributed by atoms with Gasteiger partial charge in [0.1, 0.15) is 0 Å². The summed E-state index contributed by atoms with van der Waals surface area (Å²) in [5, 5.41) is 3.33.